The van der Waals surface area contributed by atoms with Gasteiger partial charge in [0.25, 0.3) is 0 Å². The third kappa shape index (κ3) is 7.94. The Balaban J connectivity index is 0.000000451. The summed E-state index contributed by atoms with van der Waals surface area (Å²) >= 11 is 0. The zero-order valence-corrected chi connectivity index (χ0v) is 18.3. The molecule has 0 atom stereocenters. The third-order valence-electron chi connectivity index (χ3n) is 6.00. The first kappa shape index (κ1) is 21.1. The fraction of sp³-hybridized carbons (Fsp3) is 0.667. The van der Waals surface area contributed by atoms with Crippen molar-refractivity contribution in [3.8, 4) is 0 Å². The molecule has 0 unspecified atom stereocenters. The van der Waals surface area contributed by atoms with Crippen LogP contribution in [0, 0.1) is 24.0 Å². The first-order valence-corrected chi connectivity index (χ1v) is 10.4. The molecular formula is C24H36Zr. The molecule has 0 aromatic rings. The molecule has 0 aromatic carbocycles. The molecule has 4 aliphatic rings. The summed E-state index contributed by atoms with van der Waals surface area (Å²) in [6.45, 7) is 0. The molecule has 25 heavy (non-hydrogen) atoms. The van der Waals surface area contributed by atoms with Crippen molar-refractivity contribution >= 4 is 0 Å². The predicted molar refractivity (Wildman–Crippen MR) is 106 cm³/mol. The van der Waals surface area contributed by atoms with Crippen molar-refractivity contribution in [1.82, 2.24) is 0 Å². The standard InChI is InChI=1S/2C12H17.Zr.2H/c2*1-2-6-11(7-3-1)10-12-8-4-5-9-12;;;/h2*4,8,11H,1-3,5-7,10H2;;;/q2*-1;+4;2*-1. The van der Waals surface area contributed by atoms with E-state index in [1.54, 1.807) is 0 Å². The van der Waals surface area contributed by atoms with E-state index in [1.807, 2.05) is 0 Å². The Bertz CT molecular complexity index is 447. The molecule has 0 bridgehead atoms. The minimum absolute atomic E-state index is 0. The van der Waals surface area contributed by atoms with Crippen LogP contribution in [0.25, 0.3) is 0 Å². The van der Waals surface area contributed by atoms with Gasteiger partial charge in [0.15, 0.2) is 0 Å². The minimum atomic E-state index is 0. The Morgan fingerprint density at radius 1 is 0.680 bits per heavy atom. The van der Waals surface area contributed by atoms with Crippen LogP contribution in [-0.4, -0.2) is 0 Å². The van der Waals surface area contributed by atoms with Crippen molar-refractivity contribution in [2.24, 2.45) is 11.8 Å². The summed E-state index contributed by atoms with van der Waals surface area (Å²) in [6.07, 6.45) is 35.1. The van der Waals surface area contributed by atoms with E-state index in [2.05, 4.69) is 36.5 Å². The number of hydrogen-bond donors (Lipinski definition) is 0. The molecule has 0 heterocycles. The number of hydrogen-bond acceptors (Lipinski definition) is 0. The summed E-state index contributed by atoms with van der Waals surface area (Å²) in [5.41, 5.74) is 2.95. The molecule has 0 nitrogen and oxygen atoms in total. The second-order valence-electron chi connectivity index (χ2n) is 8.03. The zero-order valence-electron chi connectivity index (χ0n) is 17.9. The second kappa shape index (κ2) is 12.3. The summed E-state index contributed by atoms with van der Waals surface area (Å²) < 4.78 is 0. The molecule has 1 heteroatoms. The number of allylic oxidation sites excluding steroid dienone is 8. The normalized spacial score (nSPS) is 23.5. The summed E-state index contributed by atoms with van der Waals surface area (Å²) in [5.74, 6) is 1.95. The Kier molecular flexibility index (Phi) is 10.4. The Morgan fingerprint density at radius 2 is 1.08 bits per heavy atom. The van der Waals surface area contributed by atoms with Crippen molar-refractivity contribution in [3.05, 3.63) is 47.6 Å². The van der Waals surface area contributed by atoms with Crippen molar-refractivity contribution < 1.29 is 29.1 Å². The van der Waals surface area contributed by atoms with Gasteiger partial charge in [0, 0.05) is 0 Å². The van der Waals surface area contributed by atoms with Crippen molar-refractivity contribution in [2.45, 2.75) is 89.9 Å². The first-order valence-electron chi connectivity index (χ1n) is 10.4. The largest absolute Gasteiger partial charge is 4.00 e. The molecule has 2 saturated carbocycles. The van der Waals surface area contributed by atoms with Gasteiger partial charge in [-0.15, -0.1) is 12.8 Å². The van der Waals surface area contributed by atoms with Gasteiger partial charge in [-0.05, 0) is 11.8 Å². The Labute approximate surface area is 178 Å². The van der Waals surface area contributed by atoms with E-state index in [9.17, 15) is 0 Å². The maximum absolute atomic E-state index is 3.41. The summed E-state index contributed by atoms with van der Waals surface area (Å²) in [7, 11) is 0. The number of rotatable bonds is 4. The quantitative estimate of drug-likeness (QED) is 0.417. The topological polar surface area (TPSA) is 0 Å². The van der Waals surface area contributed by atoms with E-state index in [-0.39, 0.29) is 29.1 Å². The second-order valence-corrected chi connectivity index (χ2v) is 8.03. The van der Waals surface area contributed by atoms with Gasteiger partial charge in [-0.1, -0.05) is 77.0 Å². The molecule has 0 aliphatic heterocycles. The van der Waals surface area contributed by atoms with Crippen LogP contribution in [0.2, 0.25) is 0 Å². The summed E-state index contributed by atoms with van der Waals surface area (Å²) in [4.78, 5) is 0. The molecule has 0 aromatic heterocycles. The van der Waals surface area contributed by atoms with E-state index in [1.165, 1.54) is 88.2 Å². The molecule has 0 spiro atoms. The Morgan fingerprint density at radius 3 is 1.40 bits per heavy atom. The van der Waals surface area contributed by atoms with Crippen LogP contribution >= 0.6 is 0 Å². The van der Waals surface area contributed by atoms with E-state index in [0.717, 1.165) is 24.7 Å². The first-order chi connectivity index (χ1) is 11.9. The van der Waals surface area contributed by atoms with Gasteiger partial charge in [-0.2, -0.15) is 12.2 Å². The SMILES string of the molecule is [C-]1=C(CC2CCCCC2)C=CC1.[C-]1=C(CC2CCCCC2)C=CC1.[H-].[H-].[Zr+4]. The molecule has 0 N–H and O–H groups in total. The molecule has 4 aliphatic carbocycles. The predicted octanol–water partition coefficient (Wildman–Crippen LogP) is 7.52. The fourth-order valence-corrected chi connectivity index (χ4v) is 4.59. The van der Waals surface area contributed by atoms with Crippen LogP contribution in [0.15, 0.2) is 35.5 Å². The van der Waals surface area contributed by atoms with Gasteiger partial charge in [-0.25, -0.2) is 23.3 Å². The van der Waals surface area contributed by atoms with E-state index < -0.39 is 0 Å². The van der Waals surface area contributed by atoms with Crippen LogP contribution < -0.4 is 0 Å². The van der Waals surface area contributed by atoms with Gasteiger partial charge in [0.05, 0.1) is 0 Å². The molecular weight excluding hydrogens is 379 g/mol. The fourth-order valence-electron chi connectivity index (χ4n) is 4.59. The van der Waals surface area contributed by atoms with Gasteiger partial charge in [0.1, 0.15) is 0 Å². The van der Waals surface area contributed by atoms with Crippen molar-refractivity contribution in [1.29, 1.82) is 0 Å². The molecule has 0 amide bonds. The average Bonchev–Trinajstić information content (AvgIpc) is 3.32. The van der Waals surface area contributed by atoms with Crippen LogP contribution in [0.1, 0.15) is 92.7 Å². The molecule has 2 fully saturated rings. The van der Waals surface area contributed by atoms with E-state index >= 15 is 0 Å². The van der Waals surface area contributed by atoms with Crippen molar-refractivity contribution in [3.63, 3.8) is 0 Å². The van der Waals surface area contributed by atoms with Crippen LogP contribution in [0.5, 0.6) is 0 Å². The Hall–Kier alpha value is -0.157. The molecule has 4 rings (SSSR count). The summed E-state index contributed by atoms with van der Waals surface area (Å²) in [5, 5.41) is 0. The molecule has 0 saturated heterocycles. The average molecular weight is 416 g/mol. The van der Waals surface area contributed by atoms with Gasteiger partial charge < -0.3 is 2.85 Å². The van der Waals surface area contributed by atoms with Gasteiger partial charge >= 0.3 is 26.2 Å². The maximum atomic E-state index is 3.41. The monoisotopic (exact) mass is 414 g/mol. The van der Waals surface area contributed by atoms with Crippen LogP contribution in [0.3, 0.4) is 0 Å². The zero-order chi connectivity index (χ0) is 16.5. The molecule has 136 valence electrons. The van der Waals surface area contributed by atoms with Crippen molar-refractivity contribution in [2.75, 3.05) is 0 Å². The molecule has 0 radical (unpaired) electrons. The maximum Gasteiger partial charge on any atom is 4.00 e. The van der Waals surface area contributed by atoms with Gasteiger partial charge in [-0.3, -0.25) is 12.2 Å². The van der Waals surface area contributed by atoms with Crippen LogP contribution in [-0.2, 0) is 26.2 Å². The van der Waals surface area contributed by atoms with E-state index in [4.69, 9.17) is 0 Å². The van der Waals surface area contributed by atoms with Gasteiger partial charge in [0.2, 0.25) is 0 Å². The minimum Gasteiger partial charge on any atom is -1.00 e. The third-order valence-corrected chi connectivity index (χ3v) is 6.00. The summed E-state index contributed by atoms with van der Waals surface area (Å²) in [6, 6.07) is 0. The van der Waals surface area contributed by atoms with Crippen LogP contribution in [0.4, 0.5) is 0 Å². The smallest absolute Gasteiger partial charge is 1.00 e. The van der Waals surface area contributed by atoms with E-state index in [0.29, 0.717) is 0 Å².